The fourth-order valence-electron chi connectivity index (χ4n) is 6.43. The molecule has 0 radical (unpaired) electrons. The average molecular weight is 496 g/mol. The molecule has 4 N–H and O–H groups in total. The van der Waals surface area contributed by atoms with Crippen molar-refractivity contribution >= 4 is 5.78 Å². The van der Waals surface area contributed by atoms with Gasteiger partial charge in [0.15, 0.2) is 0 Å². The summed E-state index contributed by atoms with van der Waals surface area (Å²) in [5, 5.41) is 21.7. The number of Topliss-reactive ketones (excluding diaryl/α,β-unsaturated/α-hetero) is 1. The van der Waals surface area contributed by atoms with E-state index in [1.54, 1.807) is 0 Å². The van der Waals surface area contributed by atoms with Gasteiger partial charge in [0, 0.05) is 38.9 Å². The normalized spacial score (nSPS) is 46.1. The van der Waals surface area contributed by atoms with Gasteiger partial charge in [0.05, 0.1) is 43.2 Å². The first-order chi connectivity index (χ1) is 16.8. The summed E-state index contributed by atoms with van der Waals surface area (Å²) < 4.78 is 29.7. The first-order valence-electron chi connectivity index (χ1n) is 13.3. The number of fused-ring (bicyclic) bond motifs is 1. The molecule has 5 rings (SSSR count). The number of carbonyl (C=O) groups is 1. The maximum absolute atomic E-state index is 12.5. The minimum absolute atomic E-state index is 0.0806. The molecule has 9 heteroatoms. The van der Waals surface area contributed by atoms with Crippen LogP contribution in [0.25, 0.3) is 0 Å². The van der Waals surface area contributed by atoms with Crippen LogP contribution >= 0.6 is 0 Å². The van der Waals surface area contributed by atoms with Crippen molar-refractivity contribution in [3.63, 3.8) is 0 Å². The van der Waals surface area contributed by atoms with Crippen LogP contribution in [-0.2, 0) is 28.5 Å². The molecule has 0 aromatic rings. The van der Waals surface area contributed by atoms with Gasteiger partial charge in [-0.25, -0.2) is 0 Å². The fourth-order valence-corrected chi connectivity index (χ4v) is 6.43. The van der Waals surface area contributed by atoms with Gasteiger partial charge in [-0.05, 0) is 50.0 Å². The first kappa shape index (κ1) is 25.7. The summed E-state index contributed by atoms with van der Waals surface area (Å²) in [5.74, 6) is 0.468. The summed E-state index contributed by atoms with van der Waals surface area (Å²) in [4.78, 5) is 12.5. The van der Waals surface area contributed by atoms with Gasteiger partial charge in [0.1, 0.15) is 23.7 Å². The number of ketones is 1. The Morgan fingerprint density at radius 1 is 1.06 bits per heavy atom. The summed E-state index contributed by atoms with van der Waals surface area (Å²) in [7, 11) is 0. The number of aliphatic hydroxyl groups is 2. The van der Waals surface area contributed by atoms with E-state index in [1.165, 1.54) is 0 Å². The number of rotatable bonds is 8. The lowest BCUT2D eigenvalue weighted by atomic mass is 9.83. The van der Waals surface area contributed by atoms with Crippen LogP contribution in [0.1, 0.15) is 64.2 Å². The second-order valence-electron chi connectivity index (χ2n) is 11.3. The van der Waals surface area contributed by atoms with Crippen LogP contribution < -0.4 is 5.73 Å². The Labute approximate surface area is 207 Å². The average Bonchev–Trinajstić information content (AvgIpc) is 3.55. The highest BCUT2D eigenvalue weighted by molar-refractivity contribution is 5.79. The molecule has 5 saturated heterocycles. The van der Waals surface area contributed by atoms with Crippen molar-refractivity contribution in [1.29, 1.82) is 0 Å². The van der Waals surface area contributed by atoms with E-state index in [1.807, 2.05) is 0 Å². The highest BCUT2D eigenvalue weighted by Crippen LogP contribution is 2.41. The predicted octanol–water partition coefficient (Wildman–Crippen LogP) is 1.37. The van der Waals surface area contributed by atoms with E-state index in [0.717, 1.165) is 37.9 Å². The molecule has 0 aromatic heterocycles. The van der Waals surface area contributed by atoms with Crippen LogP contribution in [0.3, 0.4) is 0 Å². The van der Waals surface area contributed by atoms with Gasteiger partial charge in [0.2, 0.25) is 0 Å². The third-order valence-corrected chi connectivity index (χ3v) is 8.32. The highest BCUT2D eigenvalue weighted by Gasteiger charge is 2.55. The van der Waals surface area contributed by atoms with Gasteiger partial charge >= 0.3 is 0 Å². The first-order valence-corrected chi connectivity index (χ1v) is 13.3. The third kappa shape index (κ3) is 5.99. The van der Waals surface area contributed by atoms with E-state index < -0.39 is 36.2 Å². The molecule has 10 atom stereocenters. The van der Waals surface area contributed by atoms with E-state index >= 15 is 0 Å². The molecule has 5 aliphatic heterocycles. The zero-order valence-corrected chi connectivity index (χ0v) is 20.5. The third-order valence-electron chi connectivity index (χ3n) is 8.32. The zero-order valence-electron chi connectivity index (χ0n) is 20.5. The monoisotopic (exact) mass is 495 g/mol. The number of hydrogen-bond acceptors (Lipinski definition) is 9. The second-order valence-corrected chi connectivity index (χ2v) is 11.3. The van der Waals surface area contributed by atoms with Crippen molar-refractivity contribution in [2.75, 3.05) is 19.8 Å². The Morgan fingerprint density at radius 3 is 2.63 bits per heavy atom. The van der Waals surface area contributed by atoms with E-state index in [4.69, 9.17) is 29.4 Å². The van der Waals surface area contributed by atoms with Crippen molar-refractivity contribution in [2.24, 2.45) is 11.7 Å². The maximum Gasteiger partial charge on any atom is 0.146 e. The Balaban J connectivity index is 1.12. The molecule has 0 aliphatic carbocycles. The molecule has 0 bridgehead atoms. The molecule has 9 nitrogen and oxygen atoms in total. The van der Waals surface area contributed by atoms with Crippen LogP contribution in [-0.4, -0.2) is 90.4 Å². The van der Waals surface area contributed by atoms with Gasteiger partial charge < -0.3 is 39.6 Å². The smallest absolute Gasteiger partial charge is 0.146 e. The Hall–Kier alpha value is -0.910. The molecular formula is C26H41NO8. The van der Waals surface area contributed by atoms with Crippen molar-refractivity contribution in [2.45, 2.75) is 119 Å². The van der Waals surface area contributed by atoms with Crippen LogP contribution in [0.2, 0.25) is 0 Å². The van der Waals surface area contributed by atoms with Crippen molar-refractivity contribution < 1.29 is 38.7 Å². The summed E-state index contributed by atoms with van der Waals surface area (Å²) in [5.41, 5.74) is 6.56. The largest absolute Gasteiger partial charge is 0.390 e. The molecule has 0 aromatic carbocycles. The fraction of sp³-hybridized carbons (Fsp3) is 0.885. The maximum atomic E-state index is 12.5. The number of aliphatic hydroxyl groups excluding tert-OH is 2. The molecule has 35 heavy (non-hydrogen) atoms. The van der Waals surface area contributed by atoms with Gasteiger partial charge in [-0.3, -0.25) is 4.79 Å². The van der Waals surface area contributed by atoms with Crippen molar-refractivity contribution in [1.82, 2.24) is 0 Å². The second kappa shape index (κ2) is 10.8. The summed E-state index contributed by atoms with van der Waals surface area (Å²) in [6.07, 6.45) is 2.70. The van der Waals surface area contributed by atoms with E-state index in [-0.39, 0.29) is 30.5 Å². The lowest BCUT2D eigenvalue weighted by Crippen LogP contribution is -2.68. The molecule has 1 unspecified atom stereocenters. The lowest BCUT2D eigenvalue weighted by molar-refractivity contribution is -0.292. The standard InChI is InChI=1S/C26H41NO8/c1-15-8-18(32-13-15)2-3-19-11-21(29)24(33-19)23-12-22(30)25-26(27,35-23)6-4-20(34-25)10-17(28)9-16-5-7-31-14-16/h16,18-25,29-30H,1-14,27H2/t16-,18-,19+,20+,21+,22+,23?,24-,25+,26-/m0/s1. The van der Waals surface area contributed by atoms with Crippen LogP contribution in [0.4, 0.5) is 0 Å². The molecule has 5 heterocycles. The number of carbonyl (C=O) groups excluding carboxylic acids is 1. The van der Waals surface area contributed by atoms with Gasteiger partial charge in [-0.15, -0.1) is 0 Å². The quantitative estimate of drug-likeness (QED) is 0.428. The molecule has 0 amide bonds. The van der Waals surface area contributed by atoms with E-state index in [2.05, 4.69) is 6.58 Å². The van der Waals surface area contributed by atoms with Crippen molar-refractivity contribution in [3.8, 4) is 0 Å². The Bertz CT molecular complexity index is 772. The minimum Gasteiger partial charge on any atom is -0.390 e. The topological polar surface area (TPSA) is 130 Å². The number of hydrogen-bond donors (Lipinski definition) is 3. The van der Waals surface area contributed by atoms with Gasteiger partial charge in [-0.1, -0.05) is 6.58 Å². The highest BCUT2D eigenvalue weighted by atomic mass is 16.6. The van der Waals surface area contributed by atoms with Gasteiger partial charge in [0.25, 0.3) is 0 Å². The minimum atomic E-state index is -1.17. The summed E-state index contributed by atoms with van der Waals surface area (Å²) in [6.45, 7) is 5.98. The van der Waals surface area contributed by atoms with Crippen molar-refractivity contribution in [3.05, 3.63) is 12.2 Å². The SMILES string of the molecule is C=C1CO[C@@H](CC[C@@H]2C[C@@H](O)[C@@H](C3C[C@@H](O)[C@H]4O[C@@H](CC(=O)C[C@@H]5CCOC5)CC[C@]4(N)O3)O2)C1. The Kier molecular flexibility index (Phi) is 7.96. The number of ether oxygens (including phenoxy) is 5. The zero-order chi connectivity index (χ0) is 24.6. The molecule has 0 spiro atoms. The molecule has 198 valence electrons. The Morgan fingerprint density at radius 2 is 1.89 bits per heavy atom. The summed E-state index contributed by atoms with van der Waals surface area (Å²) in [6, 6.07) is 0. The predicted molar refractivity (Wildman–Crippen MR) is 125 cm³/mol. The van der Waals surface area contributed by atoms with Crippen LogP contribution in [0, 0.1) is 5.92 Å². The molecule has 5 fully saturated rings. The summed E-state index contributed by atoms with van der Waals surface area (Å²) >= 11 is 0. The van der Waals surface area contributed by atoms with Crippen LogP contribution in [0.5, 0.6) is 0 Å². The van der Waals surface area contributed by atoms with E-state index in [9.17, 15) is 15.0 Å². The lowest BCUT2D eigenvalue weighted by Gasteiger charge is -2.51. The molecule has 5 aliphatic rings. The number of nitrogens with two attached hydrogens (primary N) is 1. The molecule has 0 saturated carbocycles. The van der Waals surface area contributed by atoms with Crippen LogP contribution in [0.15, 0.2) is 12.2 Å². The molecular weight excluding hydrogens is 454 g/mol. The van der Waals surface area contributed by atoms with E-state index in [0.29, 0.717) is 51.2 Å². The van der Waals surface area contributed by atoms with Gasteiger partial charge in [-0.2, -0.15) is 0 Å².